The maximum Gasteiger partial charge on any atom is 0.267 e. The number of hydrogen-bond acceptors (Lipinski definition) is 5. The second-order valence-corrected chi connectivity index (χ2v) is 10.6. The Morgan fingerprint density at radius 1 is 0.857 bits per heavy atom. The first-order valence-electron chi connectivity index (χ1n) is 11.0. The molecule has 0 aliphatic heterocycles. The molecule has 0 N–H and O–H groups in total. The van der Waals surface area contributed by atoms with Gasteiger partial charge in [0.1, 0.15) is 12.6 Å². The van der Waals surface area contributed by atoms with Crippen LogP contribution in [0.15, 0.2) is 0 Å². The number of carbonyl (C=O) groups is 1. The van der Waals surface area contributed by atoms with Crippen LogP contribution in [0.1, 0.15) is 90.4 Å². The van der Waals surface area contributed by atoms with E-state index in [0.717, 1.165) is 19.3 Å². The lowest BCUT2D eigenvalue weighted by molar-refractivity contribution is -0.873. The highest BCUT2D eigenvalue weighted by Crippen LogP contribution is 2.14. The van der Waals surface area contributed by atoms with Gasteiger partial charge in [0.05, 0.1) is 26.9 Å². The van der Waals surface area contributed by atoms with E-state index in [1.807, 2.05) is 21.1 Å². The fourth-order valence-electron chi connectivity index (χ4n) is 3.30. The molecule has 0 aromatic carbocycles. The van der Waals surface area contributed by atoms with Crippen LogP contribution >= 0.6 is 0 Å². The van der Waals surface area contributed by atoms with Crippen LogP contribution in [0.3, 0.4) is 0 Å². The molecule has 0 aromatic rings. The molecule has 0 radical (unpaired) electrons. The van der Waals surface area contributed by atoms with Crippen LogP contribution < -0.4 is 5.11 Å². The smallest absolute Gasteiger partial charge is 0.267 e. The molecule has 168 valence electrons. The van der Waals surface area contributed by atoms with Crippen LogP contribution in [0.5, 0.6) is 0 Å². The van der Waals surface area contributed by atoms with Crippen molar-refractivity contribution < 1.29 is 27.0 Å². The summed E-state index contributed by atoms with van der Waals surface area (Å²) >= 11 is 0. The summed E-state index contributed by atoms with van der Waals surface area (Å²) in [5.41, 5.74) is 0. The van der Waals surface area contributed by atoms with Crippen molar-refractivity contribution in [2.45, 2.75) is 96.5 Å². The Kier molecular flexibility index (Phi) is 14.9. The molecule has 7 heteroatoms. The highest BCUT2D eigenvalue weighted by atomic mass is 32.2. The van der Waals surface area contributed by atoms with Gasteiger partial charge in [-0.05, 0) is 6.42 Å². The minimum absolute atomic E-state index is 0.0505. The minimum Gasteiger partial charge on any atom is -0.550 e. The van der Waals surface area contributed by atoms with Crippen LogP contribution in [0, 0.1) is 0 Å². The van der Waals surface area contributed by atoms with Gasteiger partial charge in [-0.2, -0.15) is 8.42 Å². The van der Waals surface area contributed by atoms with Gasteiger partial charge in [-0.25, -0.2) is 0 Å². The van der Waals surface area contributed by atoms with Crippen molar-refractivity contribution in [1.82, 2.24) is 0 Å². The summed E-state index contributed by atoms with van der Waals surface area (Å²) < 4.78 is 29.9. The molecule has 0 saturated heterocycles. The van der Waals surface area contributed by atoms with Gasteiger partial charge in [0.25, 0.3) is 10.1 Å². The largest absolute Gasteiger partial charge is 0.550 e. The number of rotatable bonds is 19. The Balaban J connectivity index is 3.89. The zero-order valence-corrected chi connectivity index (χ0v) is 19.4. The molecule has 0 heterocycles. The monoisotopic (exact) mass is 421 g/mol. The van der Waals surface area contributed by atoms with Crippen molar-refractivity contribution in [2.75, 3.05) is 33.4 Å². The molecule has 0 bridgehead atoms. The summed E-state index contributed by atoms with van der Waals surface area (Å²) in [5, 5.41) is 10.9. The number of carboxylic acid groups (broad SMARTS) is 1. The molecule has 0 amide bonds. The van der Waals surface area contributed by atoms with E-state index in [9.17, 15) is 18.3 Å². The van der Waals surface area contributed by atoms with Crippen molar-refractivity contribution in [2.24, 2.45) is 0 Å². The number of carbonyl (C=O) groups excluding carboxylic acids is 1. The zero-order valence-electron chi connectivity index (χ0n) is 18.6. The number of aliphatic carboxylic acids is 1. The molecule has 28 heavy (non-hydrogen) atoms. The second-order valence-electron chi connectivity index (χ2n) is 8.92. The summed E-state index contributed by atoms with van der Waals surface area (Å²) in [6.07, 6.45) is 12.7. The Bertz CT molecular complexity index is 499. The summed E-state index contributed by atoms with van der Waals surface area (Å²) in [6.45, 7) is 2.53. The molecule has 0 aromatic heterocycles. The van der Waals surface area contributed by atoms with Crippen LogP contribution in [-0.2, 0) is 19.1 Å². The third-order valence-corrected chi connectivity index (χ3v) is 6.03. The first-order valence-corrected chi connectivity index (χ1v) is 12.5. The highest BCUT2D eigenvalue weighted by Gasteiger charge is 2.25. The van der Waals surface area contributed by atoms with E-state index in [0.29, 0.717) is 17.4 Å². The normalized spacial score (nSPS) is 13.6. The Morgan fingerprint density at radius 2 is 1.29 bits per heavy atom. The Morgan fingerprint density at radius 3 is 1.68 bits per heavy atom. The van der Waals surface area contributed by atoms with Crippen LogP contribution in [0.2, 0.25) is 0 Å². The van der Waals surface area contributed by atoms with Gasteiger partial charge in [-0.1, -0.05) is 77.6 Å². The SMILES string of the molecule is CCCCCCCCCCCCCCS(=O)(=O)O[C@H](CC(=O)[O-])C[N+](C)(C)C. The molecule has 0 aliphatic rings. The molecular formula is C21H43NO5S. The average Bonchev–Trinajstić information content (AvgIpc) is 2.53. The van der Waals surface area contributed by atoms with E-state index in [2.05, 4.69) is 6.92 Å². The lowest BCUT2D eigenvalue weighted by atomic mass is 10.1. The van der Waals surface area contributed by atoms with Crippen LogP contribution in [0.25, 0.3) is 0 Å². The Labute approximate surface area is 173 Å². The first kappa shape index (κ1) is 27.3. The standard InChI is InChI=1S/C21H43NO5S/c1-5-6-7-8-9-10-11-12-13-14-15-16-17-28(25,26)27-20(18-21(23)24)19-22(2,3)4/h20H,5-19H2,1-4H3/t20-/m1/s1. The van der Waals surface area contributed by atoms with Gasteiger partial charge in [-0.3, -0.25) is 4.18 Å². The van der Waals surface area contributed by atoms with E-state index >= 15 is 0 Å². The van der Waals surface area contributed by atoms with Crippen molar-refractivity contribution in [1.29, 1.82) is 0 Å². The van der Waals surface area contributed by atoms with Gasteiger partial charge in [0.2, 0.25) is 0 Å². The van der Waals surface area contributed by atoms with Gasteiger partial charge >= 0.3 is 0 Å². The fraction of sp³-hybridized carbons (Fsp3) is 0.952. The zero-order chi connectivity index (χ0) is 21.5. The predicted octanol–water partition coefficient (Wildman–Crippen LogP) is 3.25. The molecule has 0 rings (SSSR count). The number of hydrogen-bond donors (Lipinski definition) is 0. The molecule has 0 fully saturated rings. The average molecular weight is 422 g/mol. The van der Waals surface area contributed by atoms with E-state index in [-0.39, 0.29) is 5.75 Å². The van der Waals surface area contributed by atoms with Gasteiger partial charge in [0.15, 0.2) is 0 Å². The van der Waals surface area contributed by atoms with Crippen molar-refractivity contribution in [3.05, 3.63) is 0 Å². The molecule has 0 unspecified atom stereocenters. The maximum atomic E-state index is 12.1. The van der Waals surface area contributed by atoms with Gasteiger partial charge in [0, 0.05) is 12.4 Å². The molecular weight excluding hydrogens is 378 g/mol. The third-order valence-electron chi connectivity index (χ3n) is 4.68. The summed E-state index contributed by atoms with van der Waals surface area (Å²) in [7, 11) is 1.88. The minimum atomic E-state index is -3.71. The number of likely N-dealkylation sites (N-methyl/N-ethyl adjacent to an activating group) is 1. The van der Waals surface area contributed by atoms with Crippen LogP contribution in [-0.4, -0.2) is 58.4 Å². The number of quaternary nitrogens is 1. The molecule has 0 spiro atoms. The molecule has 0 saturated carbocycles. The summed E-state index contributed by atoms with van der Waals surface area (Å²) in [4.78, 5) is 10.9. The second kappa shape index (κ2) is 15.2. The fourth-order valence-corrected chi connectivity index (χ4v) is 4.50. The maximum absolute atomic E-state index is 12.1. The topological polar surface area (TPSA) is 83.5 Å². The quantitative estimate of drug-likeness (QED) is 0.182. The van der Waals surface area contributed by atoms with E-state index in [1.54, 1.807) is 0 Å². The first-order chi connectivity index (χ1) is 13.1. The van der Waals surface area contributed by atoms with Gasteiger partial charge in [-0.15, -0.1) is 0 Å². The lowest BCUT2D eigenvalue weighted by Gasteiger charge is -2.29. The highest BCUT2D eigenvalue weighted by molar-refractivity contribution is 7.86. The van der Waals surface area contributed by atoms with E-state index < -0.39 is 28.6 Å². The van der Waals surface area contributed by atoms with Gasteiger partial charge < -0.3 is 14.4 Å². The lowest BCUT2D eigenvalue weighted by Crippen LogP contribution is -2.45. The third kappa shape index (κ3) is 18.7. The molecule has 6 nitrogen and oxygen atoms in total. The van der Waals surface area contributed by atoms with Crippen molar-refractivity contribution in [3.8, 4) is 0 Å². The van der Waals surface area contributed by atoms with E-state index in [1.165, 1.54) is 51.4 Å². The molecule has 0 aliphatic carbocycles. The van der Waals surface area contributed by atoms with Crippen LogP contribution in [0.4, 0.5) is 0 Å². The predicted molar refractivity (Wildman–Crippen MR) is 112 cm³/mol. The number of nitrogens with zero attached hydrogens (tertiary/aromatic N) is 1. The number of carboxylic acids is 1. The summed E-state index contributed by atoms with van der Waals surface area (Å²) in [6, 6.07) is 0. The summed E-state index contributed by atoms with van der Waals surface area (Å²) in [5.74, 6) is -1.34. The van der Waals surface area contributed by atoms with Crippen molar-refractivity contribution >= 4 is 16.1 Å². The number of unbranched alkanes of at least 4 members (excludes halogenated alkanes) is 11. The Hall–Kier alpha value is -0.660. The van der Waals surface area contributed by atoms with Crippen molar-refractivity contribution in [3.63, 3.8) is 0 Å². The molecule has 1 atom stereocenters. The van der Waals surface area contributed by atoms with E-state index in [4.69, 9.17) is 4.18 Å².